The van der Waals surface area contributed by atoms with Gasteiger partial charge in [-0.1, -0.05) is 18.2 Å². The Morgan fingerprint density at radius 3 is 2.33 bits per heavy atom. The number of nitro benzene ring substituents is 2. The number of nitrogens with zero attached hydrogens (tertiary/aromatic N) is 3. The van der Waals surface area contributed by atoms with E-state index in [1.165, 1.54) is 12.3 Å². The molecule has 3 aromatic rings. The predicted octanol–water partition coefficient (Wildman–Crippen LogP) is 4.60. The first-order valence-electron chi connectivity index (χ1n) is 9.81. The van der Waals surface area contributed by atoms with Crippen molar-refractivity contribution in [1.29, 1.82) is 0 Å². The number of hydrogen-bond acceptors (Lipinski definition) is 7. The molecule has 3 aromatic carbocycles. The molecule has 0 aromatic heterocycles. The minimum Gasteiger partial charge on any atom is -0.450 e. The summed E-state index contributed by atoms with van der Waals surface area (Å²) in [5, 5.41) is 26.0. The third-order valence-corrected chi connectivity index (χ3v) is 4.80. The van der Waals surface area contributed by atoms with E-state index in [2.05, 4.69) is 10.5 Å². The van der Waals surface area contributed by atoms with Crippen molar-refractivity contribution in [3.05, 3.63) is 103 Å². The van der Waals surface area contributed by atoms with Crippen LogP contribution in [0.25, 0.3) is 0 Å². The van der Waals surface area contributed by atoms with Gasteiger partial charge in [0, 0.05) is 6.07 Å². The number of carbonyl (C=O) groups excluding carboxylic acids is 1. The van der Waals surface area contributed by atoms with Crippen LogP contribution in [0.4, 0.5) is 11.4 Å². The van der Waals surface area contributed by atoms with Crippen LogP contribution in [0, 0.1) is 34.1 Å². The molecule has 0 aliphatic carbocycles. The third kappa shape index (κ3) is 6.20. The molecule has 0 unspecified atom stereocenters. The van der Waals surface area contributed by atoms with Gasteiger partial charge in [-0.25, -0.2) is 5.43 Å². The zero-order valence-electron chi connectivity index (χ0n) is 17.8. The van der Waals surface area contributed by atoms with Crippen LogP contribution in [0.2, 0.25) is 0 Å². The smallest absolute Gasteiger partial charge is 0.318 e. The molecule has 33 heavy (non-hydrogen) atoms. The summed E-state index contributed by atoms with van der Waals surface area (Å²) in [7, 11) is 0. The summed E-state index contributed by atoms with van der Waals surface area (Å²) >= 11 is 0. The molecule has 0 saturated carbocycles. The normalized spacial score (nSPS) is 10.7. The molecule has 168 valence electrons. The van der Waals surface area contributed by atoms with Gasteiger partial charge in [0.15, 0.2) is 0 Å². The van der Waals surface area contributed by atoms with Crippen molar-refractivity contribution >= 4 is 23.5 Å². The van der Waals surface area contributed by atoms with Crippen LogP contribution < -0.4 is 10.2 Å². The van der Waals surface area contributed by atoms with E-state index in [1.807, 2.05) is 32.0 Å². The molecule has 0 aliphatic heterocycles. The van der Waals surface area contributed by atoms with Crippen molar-refractivity contribution in [2.75, 3.05) is 0 Å². The molecule has 0 spiro atoms. The third-order valence-electron chi connectivity index (χ3n) is 4.80. The van der Waals surface area contributed by atoms with Gasteiger partial charge in [-0.15, -0.1) is 0 Å². The molecule has 1 amide bonds. The molecule has 0 bridgehead atoms. The average Bonchev–Trinajstić information content (AvgIpc) is 2.77. The number of aryl methyl sites for hydroxylation is 2. The highest BCUT2D eigenvalue weighted by Gasteiger charge is 2.21. The van der Waals surface area contributed by atoms with Gasteiger partial charge < -0.3 is 4.74 Å². The van der Waals surface area contributed by atoms with Crippen LogP contribution in [-0.2, 0) is 11.2 Å². The highest BCUT2D eigenvalue weighted by atomic mass is 16.6. The van der Waals surface area contributed by atoms with Crippen LogP contribution in [0.15, 0.2) is 65.8 Å². The average molecular weight is 448 g/mol. The van der Waals surface area contributed by atoms with Gasteiger partial charge >= 0.3 is 5.69 Å². The summed E-state index contributed by atoms with van der Waals surface area (Å²) in [4.78, 5) is 32.6. The maximum Gasteiger partial charge on any atom is 0.318 e. The van der Waals surface area contributed by atoms with Crippen LogP contribution >= 0.6 is 0 Å². The molecule has 1 N–H and O–H groups in total. The van der Waals surface area contributed by atoms with Crippen LogP contribution in [-0.4, -0.2) is 22.0 Å². The van der Waals surface area contributed by atoms with Crippen LogP contribution in [0.3, 0.4) is 0 Å². The fraction of sp³-hybridized carbons (Fsp3) is 0.130. The Balaban J connectivity index is 1.60. The quantitative estimate of drug-likeness (QED) is 0.304. The second-order valence-corrected chi connectivity index (χ2v) is 7.23. The van der Waals surface area contributed by atoms with E-state index in [-0.39, 0.29) is 18.1 Å². The molecule has 10 nitrogen and oxygen atoms in total. The Morgan fingerprint density at radius 2 is 1.70 bits per heavy atom. The maximum absolute atomic E-state index is 12.1. The molecular formula is C23H20N4O6. The Bertz CT molecular complexity index is 1240. The lowest BCUT2D eigenvalue weighted by Crippen LogP contribution is -2.19. The number of non-ortho nitro benzene ring substituents is 1. The summed E-state index contributed by atoms with van der Waals surface area (Å²) in [6.45, 7) is 4.00. The number of hydrogen-bond donors (Lipinski definition) is 1. The SMILES string of the molecule is Cc1ccc(CC(=O)N/N=C\c2ccc(Oc3ccc([N+](=O)[O-])cc3[N+](=O)[O-])cc2)cc1C. The second-order valence-electron chi connectivity index (χ2n) is 7.23. The molecular weight excluding hydrogens is 428 g/mol. The highest BCUT2D eigenvalue weighted by Crippen LogP contribution is 2.34. The second kappa shape index (κ2) is 10.1. The van der Waals surface area contributed by atoms with Crippen molar-refractivity contribution in [1.82, 2.24) is 5.43 Å². The fourth-order valence-electron chi connectivity index (χ4n) is 2.91. The van der Waals surface area contributed by atoms with E-state index in [1.54, 1.807) is 24.3 Å². The summed E-state index contributed by atoms with van der Waals surface area (Å²) in [5.41, 5.74) is 5.39. The van der Waals surface area contributed by atoms with Crippen molar-refractivity contribution in [3.63, 3.8) is 0 Å². The van der Waals surface area contributed by atoms with E-state index >= 15 is 0 Å². The molecule has 0 radical (unpaired) electrons. The van der Waals surface area contributed by atoms with Crippen LogP contribution in [0.1, 0.15) is 22.3 Å². The topological polar surface area (TPSA) is 137 Å². The van der Waals surface area contributed by atoms with E-state index in [9.17, 15) is 25.0 Å². The number of benzene rings is 3. The number of ether oxygens (including phenoxy) is 1. The van der Waals surface area contributed by atoms with E-state index in [0.717, 1.165) is 28.8 Å². The Labute approximate surface area is 188 Å². The van der Waals surface area contributed by atoms with E-state index in [0.29, 0.717) is 11.3 Å². The van der Waals surface area contributed by atoms with Crippen molar-refractivity contribution in [2.45, 2.75) is 20.3 Å². The number of amides is 1. The minimum absolute atomic E-state index is 0.120. The zero-order valence-corrected chi connectivity index (χ0v) is 17.8. The minimum atomic E-state index is -0.746. The lowest BCUT2D eigenvalue weighted by Gasteiger charge is -2.06. The monoisotopic (exact) mass is 448 g/mol. The number of hydrazone groups is 1. The zero-order chi connectivity index (χ0) is 24.0. The Morgan fingerprint density at radius 1 is 0.970 bits per heavy atom. The van der Waals surface area contributed by atoms with E-state index < -0.39 is 21.2 Å². The highest BCUT2D eigenvalue weighted by molar-refractivity contribution is 5.83. The van der Waals surface area contributed by atoms with Crippen molar-refractivity contribution in [3.8, 4) is 11.5 Å². The van der Waals surface area contributed by atoms with Gasteiger partial charge in [-0.2, -0.15) is 5.10 Å². The number of carbonyl (C=O) groups is 1. The van der Waals surface area contributed by atoms with E-state index in [4.69, 9.17) is 4.74 Å². The first kappa shape index (κ1) is 23.1. The summed E-state index contributed by atoms with van der Waals surface area (Å²) in [5.74, 6) is -0.0755. The van der Waals surface area contributed by atoms with Gasteiger partial charge in [0.1, 0.15) is 5.75 Å². The summed E-state index contributed by atoms with van der Waals surface area (Å²) in [6.07, 6.45) is 1.66. The van der Waals surface area contributed by atoms with Crippen molar-refractivity contribution < 1.29 is 19.4 Å². The van der Waals surface area contributed by atoms with Crippen molar-refractivity contribution in [2.24, 2.45) is 5.10 Å². The van der Waals surface area contributed by atoms with Gasteiger partial charge in [0.2, 0.25) is 11.7 Å². The number of rotatable bonds is 8. The predicted molar refractivity (Wildman–Crippen MR) is 122 cm³/mol. The maximum atomic E-state index is 12.1. The largest absolute Gasteiger partial charge is 0.450 e. The summed E-state index contributed by atoms with van der Waals surface area (Å²) in [6, 6.07) is 15.4. The molecule has 3 rings (SSSR count). The van der Waals surface area contributed by atoms with Gasteiger partial charge in [0.25, 0.3) is 5.69 Å². The molecule has 0 aliphatic rings. The number of nitrogens with one attached hydrogen (secondary N) is 1. The van der Waals surface area contributed by atoms with Crippen LogP contribution in [0.5, 0.6) is 11.5 Å². The number of nitro groups is 2. The fourth-order valence-corrected chi connectivity index (χ4v) is 2.91. The molecule has 0 fully saturated rings. The molecule has 0 atom stereocenters. The van der Waals surface area contributed by atoms with Gasteiger partial charge in [-0.05, 0) is 66.4 Å². The first-order valence-corrected chi connectivity index (χ1v) is 9.81. The first-order chi connectivity index (χ1) is 15.7. The molecule has 10 heteroatoms. The molecule has 0 saturated heterocycles. The summed E-state index contributed by atoms with van der Waals surface area (Å²) < 4.78 is 5.51. The lowest BCUT2D eigenvalue weighted by atomic mass is 10.0. The molecule has 0 heterocycles. The van der Waals surface area contributed by atoms with Gasteiger partial charge in [0.05, 0.1) is 28.5 Å². The lowest BCUT2D eigenvalue weighted by molar-refractivity contribution is -0.394. The Kier molecular flexibility index (Phi) is 7.09. The Hall–Kier alpha value is -4.60. The standard InChI is InChI=1S/C23H20N4O6/c1-15-3-4-18(11-16(15)2)12-23(28)25-24-14-17-5-8-20(9-6-17)33-22-10-7-19(26(29)30)13-21(22)27(31)32/h3-11,13-14H,12H2,1-2H3,(H,25,28)/b24-14-. The van der Waals surface area contributed by atoms with Gasteiger partial charge in [-0.3, -0.25) is 25.0 Å².